The van der Waals surface area contributed by atoms with Crippen molar-refractivity contribution in [2.24, 2.45) is 0 Å². The zero-order chi connectivity index (χ0) is 14.7. The Kier molecular flexibility index (Phi) is 4.10. The van der Waals surface area contributed by atoms with Crippen molar-refractivity contribution in [2.45, 2.75) is 20.4 Å². The lowest BCUT2D eigenvalue weighted by atomic mass is 10.2. The van der Waals surface area contributed by atoms with Gasteiger partial charge in [0.15, 0.2) is 0 Å². The maximum Gasteiger partial charge on any atom is 0.132 e. The van der Waals surface area contributed by atoms with Crippen LogP contribution in [0.2, 0.25) is 0 Å². The van der Waals surface area contributed by atoms with Gasteiger partial charge in [0.05, 0.1) is 0 Å². The molecule has 0 saturated carbocycles. The summed E-state index contributed by atoms with van der Waals surface area (Å²) in [5.41, 5.74) is 3.48. The standard InChI is InChI=1S/C16H21N5/c1-13-10-16(19-12-18-13)21-8-6-20(7-9-21)11-15-4-3-5-17-14(15)2/h3-5,10,12H,6-9,11H2,1-2H3. The molecule has 3 rings (SSSR count). The maximum absolute atomic E-state index is 4.37. The van der Waals surface area contributed by atoms with Crippen molar-refractivity contribution in [1.29, 1.82) is 0 Å². The van der Waals surface area contributed by atoms with Crippen LogP contribution < -0.4 is 4.90 Å². The number of nitrogens with zero attached hydrogens (tertiary/aromatic N) is 5. The van der Waals surface area contributed by atoms with Gasteiger partial charge in [-0.05, 0) is 25.5 Å². The Bertz CT molecular complexity index is 605. The van der Waals surface area contributed by atoms with Crippen molar-refractivity contribution < 1.29 is 0 Å². The maximum atomic E-state index is 4.37. The van der Waals surface area contributed by atoms with E-state index in [-0.39, 0.29) is 0 Å². The normalized spacial score (nSPS) is 16.2. The molecule has 1 aliphatic rings. The van der Waals surface area contributed by atoms with Crippen LogP contribution in [0.15, 0.2) is 30.7 Å². The molecule has 0 atom stereocenters. The molecule has 0 radical (unpaired) electrons. The Labute approximate surface area is 125 Å². The highest BCUT2D eigenvalue weighted by molar-refractivity contribution is 5.39. The number of anilines is 1. The van der Waals surface area contributed by atoms with Crippen LogP contribution in [0.1, 0.15) is 17.0 Å². The number of piperazine rings is 1. The number of aryl methyl sites for hydroxylation is 2. The monoisotopic (exact) mass is 283 g/mol. The van der Waals surface area contributed by atoms with E-state index >= 15 is 0 Å². The van der Waals surface area contributed by atoms with Gasteiger partial charge in [-0.15, -0.1) is 0 Å². The number of aromatic nitrogens is 3. The van der Waals surface area contributed by atoms with Crippen LogP contribution >= 0.6 is 0 Å². The fourth-order valence-corrected chi connectivity index (χ4v) is 2.67. The van der Waals surface area contributed by atoms with Gasteiger partial charge in [-0.3, -0.25) is 9.88 Å². The first kappa shape index (κ1) is 13.9. The molecule has 110 valence electrons. The van der Waals surface area contributed by atoms with E-state index in [1.807, 2.05) is 19.2 Å². The number of pyridine rings is 1. The summed E-state index contributed by atoms with van der Waals surface area (Å²) < 4.78 is 0. The van der Waals surface area contributed by atoms with Crippen molar-refractivity contribution in [3.05, 3.63) is 47.7 Å². The average molecular weight is 283 g/mol. The van der Waals surface area contributed by atoms with E-state index in [4.69, 9.17) is 0 Å². The van der Waals surface area contributed by atoms with E-state index in [2.05, 4.69) is 43.8 Å². The van der Waals surface area contributed by atoms with E-state index in [9.17, 15) is 0 Å². The SMILES string of the molecule is Cc1cc(N2CCN(Cc3cccnc3C)CC2)ncn1. The van der Waals surface area contributed by atoms with E-state index in [1.165, 1.54) is 5.56 Å². The molecule has 1 saturated heterocycles. The van der Waals surface area contributed by atoms with Crippen LogP contribution in [-0.2, 0) is 6.54 Å². The minimum absolute atomic E-state index is 0.982. The molecular weight excluding hydrogens is 262 g/mol. The van der Waals surface area contributed by atoms with Gasteiger partial charge in [-0.2, -0.15) is 0 Å². The second-order valence-corrected chi connectivity index (χ2v) is 5.53. The molecule has 2 aromatic rings. The van der Waals surface area contributed by atoms with Gasteiger partial charge in [-0.25, -0.2) is 9.97 Å². The molecule has 21 heavy (non-hydrogen) atoms. The van der Waals surface area contributed by atoms with E-state index < -0.39 is 0 Å². The van der Waals surface area contributed by atoms with Crippen LogP contribution in [0.25, 0.3) is 0 Å². The molecule has 2 aromatic heterocycles. The molecule has 5 heteroatoms. The molecule has 5 nitrogen and oxygen atoms in total. The molecule has 1 fully saturated rings. The lowest BCUT2D eigenvalue weighted by molar-refractivity contribution is 0.248. The third kappa shape index (κ3) is 3.36. The van der Waals surface area contributed by atoms with Crippen molar-refractivity contribution in [1.82, 2.24) is 19.9 Å². The van der Waals surface area contributed by atoms with Gasteiger partial charge in [0.2, 0.25) is 0 Å². The van der Waals surface area contributed by atoms with E-state index in [0.717, 1.165) is 49.9 Å². The molecule has 0 N–H and O–H groups in total. The van der Waals surface area contributed by atoms with Crippen LogP contribution in [0.3, 0.4) is 0 Å². The average Bonchev–Trinajstić information content (AvgIpc) is 2.50. The van der Waals surface area contributed by atoms with Crippen LogP contribution in [0.4, 0.5) is 5.82 Å². The van der Waals surface area contributed by atoms with Gasteiger partial charge < -0.3 is 4.90 Å². The highest BCUT2D eigenvalue weighted by atomic mass is 15.3. The van der Waals surface area contributed by atoms with Crippen LogP contribution in [0.5, 0.6) is 0 Å². The zero-order valence-electron chi connectivity index (χ0n) is 12.7. The van der Waals surface area contributed by atoms with Crippen molar-refractivity contribution in [3.8, 4) is 0 Å². The summed E-state index contributed by atoms with van der Waals surface area (Å²) in [4.78, 5) is 17.7. The first-order valence-corrected chi connectivity index (χ1v) is 7.39. The van der Waals surface area contributed by atoms with Gasteiger partial charge in [0.25, 0.3) is 0 Å². The predicted molar refractivity (Wildman–Crippen MR) is 83.2 cm³/mol. The summed E-state index contributed by atoms with van der Waals surface area (Å²) in [5.74, 6) is 1.04. The van der Waals surface area contributed by atoms with Crippen LogP contribution in [0, 0.1) is 13.8 Å². The molecule has 3 heterocycles. The van der Waals surface area contributed by atoms with Crippen molar-refractivity contribution in [2.75, 3.05) is 31.1 Å². The molecule has 0 unspecified atom stereocenters. The summed E-state index contributed by atoms with van der Waals surface area (Å²) in [6, 6.07) is 6.24. The third-order valence-electron chi connectivity index (χ3n) is 4.00. The predicted octanol–water partition coefficient (Wildman–Crippen LogP) is 1.81. The summed E-state index contributed by atoms with van der Waals surface area (Å²) in [6.45, 7) is 9.19. The number of rotatable bonds is 3. The Morgan fingerprint density at radius 1 is 1.05 bits per heavy atom. The Morgan fingerprint density at radius 2 is 1.86 bits per heavy atom. The minimum Gasteiger partial charge on any atom is -0.354 e. The highest BCUT2D eigenvalue weighted by Crippen LogP contribution is 2.15. The Hall–Kier alpha value is -2.01. The fraction of sp³-hybridized carbons (Fsp3) is 0.438. The second-order valence-electron chi connectivity index (χ2n) is 5.53. The summed E-state index contributed by atoms with van der Waals surface area (Å²) >= 11 is 0. The largest absolute Gasteiger partial charge is 0.354 e. The molecule has 0 aromatic carbocycles. The van der Waals surface area contributed by atoms with Crippen molar-refractivity contribution in [3.63, 3.8) is 0 Å². The van der Waals surface area contributed by atoms with Crippen molar-refractivity contribution >= 4 is 5.82 Å². The smallest absolute Gasteiger partial charge is 0.132 e. The summed E-state index contributed by atoms with van der Waals surface area (Å²) in [6.07, 6.45) is 3.50. The molecular formula is C16H21N5. The number of hydrogen-bond donors (Lipinski definition) is 0. The van der Waals surface area contributed by atoms with Gasteiger partial charge in [-0.1, -0.05) is 6.07 Å². The fourth-order valence-electron chi connectivity index (χ4n) is 2.67. The number of hydrogen-bond acceptors (Lipinski definition) is 5. The van der Waals surface area contributed by atoms with Crippen LogP contribution in [-0.4, -0.2) is 46.0 Å². The quantitative estimate of drug-likeness (QED) is 0.859. The molecule has 0 bridgehead atoms. The third-order valence-corrected chi connectivity index (χ3v) is 4.00. The molecule has 0 amide bonds. The Morgan fingerprint density at radius 3 is 2.57 bits per heavy atom. The Balaban J connectivity index is 1.59. The van der Waals surface area contributed by atoms with E-state index in [0.29, 0.717) is 0 Å². The van der Waals surface area contributed by atoms with Gasteiger partial charge in [0, 0.05) is 56.4 Å². The van der Waals surface area contributed by atoms with E-state index in [1.54, 1.807) is 6.33 Å². The topological polar surface area (TPSA) is 45.2 Å². The molecule has 0 aliphatic carbocycles. The first-order chi connectivity index (χ1) is 10.2. The van der Waals surface area contributed by atoms with Gasteiger partial charge >= 0.3 is 0 Å². The van der Waals surface area contributed by atoms with Gasteiger partial charge in [0.1, 0.15) is 12.1 Å². The first-order valence-electron chi connectivity index (χ1n) is 7.39. The molecule has 0 spiro atoms. The zero-order valence-corrected chi connectivity index (χ0v) is 12.7. The summed E-state index contributed by atoms with van der Waals surface area (Å²) in [7, 11) is 0. The summed E-state index contributed by atoms with van der Waals surface area (Å²) in [5, 5.41) is 0. The minimum atomic E-state index is 0.982. The lowest BCUT2D eigenvalue weighted by Crippen LogP contribution is -2.46. The molecule has 1 aliphatic heterocycles. The highest BCUT2D eigenvalue weighted by Gasteiger charge is 2.18. The lowest BCUT2D eigenvalue weighted by Gasteiger charge is -2.35. The second kappa shape index (κ2) is 6.18.